The molecule has 1 atom stereocenters. The zero-order valence-corrected chi connectivity index (χ0v) is 14.2. The van der Waals surface area contributed by atoms with Gasteiger partial charge in [-0.05, 0) is 50.5 Å². The Labute approximate surface area is 142 Å². The lowest BCUT2D eigenvalue weighted by atomic mass is 10.1. The van der Waals surface area contributed by atoms with Gasteiger partial charge in [0.25, 0.3) is 0 Å². The molecule has 5 nitrogen and oxygen atoms in total. The first-order valence-electron chi connectivity index (χ1n) is 8.63. The summed E-state index contributed by atoms with van der Waals surface area (Å²) in [6.07, 6.45) is 6.26. The van der Waals surface area contributed by atoms with Gasteiger partial charge in [0.05, 0.1) is 11.7 Å². The molecule has 1 fully saturated rings. The van der Waals surface area contributed by atoms with Gasteiger partial charge in [0.15, 0.2) is 5.82 Å². The number of hydrogen-bond acceptors (Lipinski definition) is 4. The number of nitrogens with zero attached hydrogens (tertiary/aromatic N) is 4. The number of fused-ring (bicyclic) bond motifs is 1. The lowest BCUT2D eigenvalue weighted by Gasteiger charge is -2.21. The molecule has 0 amide bonds. The zero-order valence-electron chi connectivity index (χ0n) is 14.2. The minimum Gasteiger partial charge on any atom is -0.372 e. The summed E-state index contributed by atoms with van der Waals surface area (Å²) >= 11 is 0. The lowest BCUT2D eigenvalue weighted by Crippen LogP contribution is -2.18. The SMILES string of the molecule is Cc1cc2c(NC(C)c3cccc(N4CCCC4)c3)nccn2n1. The Morgan fingerprint density at radius 2 is 2.00 bits per heavy atom. The summed E-state index contributed by atoms with van der Waals surface area (Å²) in [6, 6.07) is 11.1. The summed E-state index contributed by atoms with van der Waals surface area (Å²) in [5.41, 5.74) is 4.61. The molecular formula is C19H23N5. The first-order valence-corrected chi connectivity index (χ1v) is 8.63. The van der Waals surface area contributed by atoms with Crippen molar-refractivity contribution < 1.29 is 0 Å². The molecule has 124 valence electrons. The van der Waals surface area contributed by atoms with Crippen molar-refractivity contribution in [3.63, 3.8) is 0 Å². The first-order chi connectivity index (χ1) is 11.7. The van der Waals surface area contributed by atoms with E-state index < -0.39 is 0 Å². The lowest BCUT2D eigenvalue weighted by molar-refractivity contribution is 0.861. The van der Waals surface area contributed by atoms with Gasteiger partial charge in [-0.25, -0.2) is 9.50 Å². The maximum atomic E-state index is 4.50. The van der Waals surface area contributed by atoms with Gasteiger partial charge in [-0.15, -0.1) is 0 Å². The number of aromatic nitrogens is 3. The van der Waals surface area contributed by atoms with Crippen LogP contribution in [-0.2, 0) is 0 Å². The Kier molecular flexibility index (Phi) is 3.84. The standard InChI is InChI=1S/C19H23N5/c1-14-12-18-19(20-8-11-24(18)22-14)21-15(2)16-6-5-7-17(13-16)23-9-3-4-10-23/h5-8,11-13,15H,3-4,9-10H2,1-2H3,(H,20,21). The van der Waals surface area contributed by atoms with E-state index in [0.717, 1.165) is 17.0 Å². The minimum atomic E-state index is 0.182. The Bertz CT molecular complexity index is 848. The molecule has 1 saturated heterocycles. The minimum absolute atomic E-state index is 0.182. The summed E-state index contributed by atoms with van der Waals surface area (Å²) in [5, 5.41) is 7.99. The zero-order chi connectivity index (χ0) is 16.5. The van der Waals surface area contributed by atoms with E-state index in [1.165, 1.54) is 37.2 Å². The van der Waals surface area contributed by atoms with Crippen LogP contribution < -0.4 is 10.2 Å². The second-order valence-corrected chi connectivity index (χ2v) is 6.55. The maximum Gasteiger partial charge on any atom is 0.152 e. The van der Waals surface area contributed by atoms with E-state index >= 15 is 0 Å². The van der Waals surface area contributed by atoms with E-state index in [9.17, 15) is 0 Å². The van der Waals surface area contributed by atoms with Crippen molar-refractivity contribution in [1.82, 2.24) is 14.6 Å². The number of hydrogen-bond donors (Lipinski definition) is 1. The van der Waals surface area contributed by atoms with Gasteiger partial charge < -0.3 is 10.2 Å². The van der Waals surface area contributed by atoms with Crippen molar-refractivity contribution in [3.8, 4) is 0 Å². The highest BCUT2D eigenvalue weighted by Gasteiger charge is 2.15. The molecule has 4 rings (SSSR count). The predicted molar refractivity (Wildman–Crippen MR) is 97.7 cm³/mol. The van der Waals surface area contributed by atoms with Crippen molar-refractivity contribution in [2.24, 2.45) is 0 Å². The van der Waals surface area contributed by atoms with E-state index in [1.807, 2.05) is 17.6 Å². The van der Waals surface area contributed by atoms with Crippen LogP contribution in [0.4, 0.5) is 11.5 Å². The molecule has 0 bridgehead atoms. The van der Waals surface area contributed by atoms with Crippen molar-refractivity contribution in [3.05, 3.63) is 54.0 Å². The molecule has 1 aromatic carbocycles. The monoisotopic (exact) mass is 321 g/mol. The third kappa shape index (κ3) is 2.82. The van der Waals surface area contributed by atoms with Crippen molar-refractivity contribution in [2.75, 3.05) is 23.3 Å². The fraction of sp³-hybridized carbons (Fsp3) is 0.368. The Balaban J connectivity index is 1.59. The van der Waals surface area contributed by atoms with Crippen LogP contribution in [0.15, 0.2) is 42.7 Å². The van der Waals surface area contributed by atoms with Gasteiger partial charge >= 0.3 is 0 Å². The molecule has 0 aliphatic carbocycles. The van der Waals surface area contributed by atoms with Crippen molar-refractivity contribution in [1.29, 1.82) is 0 Å². The average Bonchev–Trinajstić information content (AvgIpc) is 3.24. The van der Waals surface area contributed by atoms with Crippen LogP contribution >= 0.6 is 0 Å². The summed E-state index contributed by atoms with van der Waals surface area (Å²) in [6.45, 7) is 6.51. The number of nitrogens with one attached hydrogen (secondary N) is 1. The highest BCUT2D eigenvalue weighted by Crippen LogP contribution is 2.26. The Morgan fingerprint density at radius 3 is 2.83 bits per heavy atom. The second-order valence-electron chi connectivity index (χ2n) is 6.55. The van der Waals surface area contributed by atoms with Crippen LogP contribution in [-0.4, -0.2) is 27.7 Å². The van der Waals surface area contributed by atoms with Crippen LogP contribution in [0, 0.1) is 6.92 Å². The molecule has 5 heteroatoms. The number of aryl methyl sites for hydroxylation is 1. The highest BCUT2D eigenvalue weighted by molar-refractivity contribution is 5.68. The summed E-state index contributed by atoms with van der Waals surface area (Å²) in [7, 11) is 0. The molecule has 3 heterocycles. The van der Waals surface area contributed by atoms with Crippen LogP contribution in [0.2, 0.25) is 0 Å². The highest BCUT2D eigenvalue weighted by atomic mass is 15.2. The topological polar surface area (TPSA) is 45.5 Å². The van der Waals surface area contributed by atoms with Crippen LogP contribution in [0.1, 0.15) is 37.1 Å². The van der Waals surface area contributed by atoms with Gasteiger partial charge in [0, 0.05) is 31.2 Å². The third-order valence-corrected chi connectivity index (χ3v) is 4.71. The molecule has 2 aromatic heterocycles. The Hall–Kier alpha value is -2.56. The predicted octanol–water partition coefficient (Wildman–Crippen LogP) is 3.81. The average molecular weight is 321 g/mol. The molecule has 1 aliphatic heterocycles. The number of rotatable bonds is 4. The third-order valence-electron chi connectivity index (χ3n) is 4.71. The van der Waals surface area contributed by atoms with E-state index in [1.54, 1.807) is 6.20 Å². The van der Waals surface area contributed by atoms with Crippen LogP contribution in [0.25, 0.3) is 5.52 Å². The molecular weight excluding hydrogens is 298 g/mol. The van der Waals surface area contributed by atoms with Gasteiger partial charge in [-0.2, -0.15) is 5.10 Å². The summed E-state index contributed by atoms with van der Waals surface area (Å²) < 4.78 is 1.87. The fourth-order valence-electron chi connectivity index (χ4n) is 3.41. The van der Waals surface area contributed by atoms with E-state index in [4.69, 9.17) is 0 Å². The second kappa shape index (κ2) is 6.15. The summed E-state index contributed by atoms with van der Waals surface area (Å²) in [4.78, 5) is 6.97. The first kappa shape index (κ1) is 15.0. The number of benzene rings is 1. The molecule has 24 heavy (non-hydrogen) atoms. The van der Waals surface area contributed by atoms with Crippen LogP contribution in [0.3, 0.4) is 0 Å². The van der Waals surface area contributed by atoms with Crippen molar-refractivity contribution in [2.45, 2.75) is 32.7 Å². The van der Waals surface area contributed by atoms with Gasteiger partial charge in [0.1, 0.15) is 5.52 Å². The van der Waals surface area contributed by atoms with E-state index in [-0.39, 0.29) is 6.04 Å². The van der Waals surface area contributed by atoms with Gasteiger partial charge in [-0.3, -0.25) is 0 Å². The molecule has 1 unspecified atom stereocenters. The molecule has 1 N–H and O–H groups in total. The van der Waals surface area contributed by atoms with Gasteiger partial charge in [0.2, 0.25) is 0 Å². The summed E-state index contributed by atoms with van der Waals surface area (Å²) in [5.74, 6) is 0.872. The van der Waals surface area contributed by atoms with Crippen molar-refractivity contribution >= 4 is 17.0 Å². The molecule has 1 aliphatic rings. The normalized spacial score (nSPS) is 15.8. The van der Waals surface area contributed by atoms with E-state index in [2.05, 4.69) is 57.6 Å². The van der Waals surface area contributed by atoms with E-state index in [0.29, 0.717) is 0 Å². The van der Waals surface area contributed by atoms with Gasteiger partial charge in [-0.1, -0.05) is 12.1 Å². The molecule has 0 radical (unpaired) electrons. The smallest absolute Gasteiger partial charge is 0.152 e. The Morgan fingerprint density at radius 1 is 1.17 bits per heavy atom. The largest absolute Gasteiger partial charge is 0.372 e. The maximum absolute atomic E-state index is 4.50. The fourth-order valence-corrected chi connectivity index (χ4v) is 3.41. The quantitative estimate of drug-likeness (QED) is 0.793. The molecule has 0 spiro atoms. The van der Waals surface area contributed by atoms with Crippen LogP contribution in [0.5, 0.6) is 0 Å². The molecule has 0 saturated carbocycles. The molecule has 3 aromatic rings. The number of anilines is 2.